The molecule has 1 N–H and O–H groups in total. The quantitative estimate of drug-likeness (QED) is 0.797. The summed E-state index contributed by atoms with van der Waals surface area (Å²) >= 11 is 1.95. The summed E-state index contributed by atoms with van der Waals surface area (Å²) in [6.45, 7) is 14.3. The Bertz CT molecular complexity index is 364. The fourth-order valence-electron chi connectivity index (χ4n) is 1.59. The Morgan fingerprint density at radius 1 is 1.24 bits per heavy atom. The summed E-state index contributed by atoms with van der Waals surface area (Å²) in [4.78, 5) is 1.40. The molecule has 0 heterocycles. The number of aryl methyl sites for hydroxylation is 1. The maximum absolute atomic E-state index is 3.50. The summed E-state index contributed by atoms with van der Waals surface area (Å²) in [7, 11) is 0. The van der Waals surface area contributed by atoms with Crippen LogP contribution < -0.4 is 5.32 Å². The molecule has 2 heteroatoms. The van der Waals surface area contributed by atoms with Crippen molar-refractivity contribution in [1.29, 1.82) is 0 Å². The van der Waals surface area contributed by atoms with Crippen LogP contribution in [0.3, 0.4) is 0 Å². The van der Waals surface area contributed by atoms with Gasteiger partial charge in [0.1, 0.15) is 0 Å². The van der Waals surface area contributed by atoms with Crippen LogP contribution in [0.5, 0.6) is 0 Å². The second-order valence-electron chi connectivity index (χ2n) is 5.86. The summed E-state index contributed by atoms with van der Waals surface area (Å²) in [5.74, 6) is 0. The molecule has 0 bridgehead atoms. The molecule has 0 unspecified atom stereocenters. The van der Waals surface area contributed by atoms with E-state index in [0.29, 0.717) is 6.04 Å². The minimum Gasteiger partial charge on any atom is -0.310 e. The maximum Gasteiger partial charge on any atom is 0.0219 e. The predicted molar refractivity (Wildman–Crippen MR) is 78.8 cm³/mol. The van der Waals surface area contributed by atoms with E-state index in [2.05, 4.69) is 65.1 Å². The molecule has 0 atom stereocenters. The molecule has 0 aromatic heterocycles. The van der Waals surface area contributed by atoms with Crippen LogP contribution in [0, 0.1) is 6.92 Å². The molecule has 0 aliphatic rings. The van der Waals surface area contributed by atoms with E-state index >= 15 is 0 Å². The molecule has 0 radical (unpaired) electrons. The van der Waals surface area contributed by atoms with E-state index in [-0.39, 0.29) is 4.75 Å². The van der Waals surface area contributed by atoms with Crippen molar-refractivity contribution in [2.45, 2.75) is 63.8 Å². The highest BCUT2D eigenvalue weighted by Gasteiger charge is 2.14. The maximum atomic E-state index is 3.50. The van der Waals surface area contributed by atoms with Gasteiger partial charge in [-0.1, -0.05) is 52.3 Å². The lowest BCUT2D eigenvalue weighted by atomic mass is 10.1. The summed E-state index contributed by atoms with van der Waals surface area (Å²) < 4.78 is 0.266. The summed E-state index contributed by atoms with van der Waals surface area (Å²) in [5.41, 5.74) is 2.75. The Morgan fingerprint density at radius 3 is 2.41 bits per heavy atom. The van der Waals surface area contributed by atoms with Gasteiger partial charge in [-0.15, -0.1) is 11.8 Å². The van der Waals surface area contributed by atoms with E-state index in [1.165, 1.54) is 16.0 Å². The Morgan fingerprint density at radius 2 is 1.88 bits per heavy atom. The summed E-state index contributed by atoms with van der Waals surface area (Å²) in [6, 6.07) is 7.28. The molecule has 0 saturated carbocycles. The van der Waals surface area contributed by atoms with Gasteiger partial charge in [0.15, 0.2) is 0 Å². The van der Waals surface area contributed by atoms with E-state index in [1.807, 2.05) is 11.8 Å². The van der Waals surface area contributed by atoms with E-state index in [9.17, 15) is 0 Å². The van der Waals surface area contributed by atoms with Gasteiger partial charge in [-0.05, 0) is 18.6 Å². The molecule has 0 aliphatic carbocycles. The molecule has 1 aromatic carbocycles. The van der Waals surface area contributed by atoms with Crippen LogP contribution in [0.1, 0.15) is 45.7 Å². The van der Waals surface area contributed by atoms with Crippen molar-refractivity contribution >= 4 is 11.8 Å². The van der Waals surface area contributed by atoms with Crippen LogP contribution in [0.15, 0.2) is 23.1 Å². The molecular formula is C15H25NS. The molecule has 96 valence electrons. The molecule has 0 aliphatic heterocycles. The van der Waals surface area contributed by atoms with Crippen molar-refractivity contribution in [3.63, 3.8) is 0 Å². The van der Waals surface area contributed by atoms with Crippen LogP contribution in [-0.4, -0.2) is 10.8 Å². The second-order valence-corrected chi connectivity index (χ2v) is 7.73. The number of hydrogen-bond donors (Lipinski definition) is 1. The lowest BCUT2D eigenvalue weighted by Crippen LogP contribution is -2.22. The van der Waals surface area contributed by atoms with Gasteiger partial charge in [-0.25, -0.2) is 0 Å². The van der Waals surface area contributed by atoms with Crippen molar-refractivity contribution in [3.05, 3.63) is 29.3 Å². The molecule has 1 aromatic rings. The van der Waals surface area contributed by atoms with Gasteiger partial charge in [-0.2, -0.15) is 0 Å². The van der Waals surface area contributed by atoms with E-state index in [4.69, 9.17) is 0 Å². The van der Waals surface area contributed by atoms with Gasteiger partial charge in [0.25, 0.3) is 0 Å². The largest absolute Gasteiger partial charge is 0.310 e. The lowest BCUT2D eigenvalue weighted by Gasteiger charge is -2.21. The average molecular weight is 251 g/mol. The fourth-order valence-corrected chi connectivity index (χ4v) is 2.65. The van der Waals surface area contributed by atoms with Crippen molar-refractivity contribution in [2.24, 2.45) is 0 Å². The third-order valence-corrected chi connectivity index (χ3v) is 3.56. The van der Waals surface area contributed by atoms with Crippen LogP contribution >= 0.6 is 11.8 Å². The molecule has 0 saturated heterocycles. The van der Waals surface area contributed by atoms with Crippen LogP contribution in [-0.2, 0) is 6.54 Å². The van der Waals surface area contributed by atoms with Crippen molar-refractivity contribution < 1.29 is 0 Å². The number of benzene rings is 1. The summed E-state index contributed by atoms with van der Waals surface area (Å²) in [6.07, 6.45) is 0. The van der Waals surface area contributed by atoms with Crippen molar-refractivity contribution in [1.82, 2.24) is 5.32 Å². The Labute approximate surface area is 110 Å². The van der Waals surface area contributed by atoms with Gasteiger partial charge in [-0.3, -0.25) is 0 Å². The van der Waals surface area contributed by atoms with Gasteiger partial charge in [0, 0.05) is 22.2 Å². The monoisotopic (exact) mass is 251 g/mol. The molecule has 0 fully saturated rings. The highest BCUT2D eigenvalue weighted by molar-refractivity contribution is 8.00. The Balaban J connectivity index is 2.87. The van der Waals surface area contributed by atoms with Crippen LogP contribution in [0.25, 0.3) is 0 Å². The summed E-state index contributed by atoms with van der Waals surface area (Å²) in [5, 5.41) is 3.50. The highest BCUT2D eigenvalue weighted by atomic mass is 32.2. The zero-order valence-electron chi connectivity index (χ0n) is 11.9. The zero-order chi connectivity index (χ0) is 13.1. The van der Waals surface area contributed by atoms with Crippen LogP contribution in [0.2, 0.25) is 0 Å². The van der Waals surface area contributed by atoms with Gasteiger partial charge >= 0.3 is 0 Å². The molecule has 0 amide bonds. The number of thioether (sulfide) groups is 1. The molecule has 1 nitrogen and oxygen atoms in total. The minimum absolute atomic E-state index is 0.266. The second kappa shape index (κ2) is 5.92. The molecule has 17 heavy (non-hydrogen) atoms. The first-order valence-electron chi connectivity index (χ1n) is 6.30. The first-order valence-corrected chi connectivity index (χ1v) is 7.11. The fraction of sp³-hybridized carbons (Fsp3) is 0.600. The molecular weight excluding hydrogens is 226 g/mol. The number of hydrogen-bond acceptors (Lipinski definition) is 2. The number of rotatable bonds is 4. The van der Waals surface area contributed by atoms with Gasteiger partial charge in [0.05, 0.1) is 0 Å². The normalized spacial score (nSPS) is 12.2. The molecule has 1 rings (SSSR count). The van der Waals surface area contributed by atoms with Crippen molar-refractivity contribution in [2.75, 3.05) is 0 Å². The predicted octanol–water partition coefficient (Wildman–Crippen LogP) is 4.38. The topological polar surface area (TPSA) is 12.0 Å². The van der Waals surface area contributed by atoms with E-state index in [0.717, 1.165) is 6.54 Å². The number of nitrogens with one attached hydrogen (secondary N) is 1. The standard InChI is InChI=1S/C15H25NS/c1-11(2)16-10-13-9-12(3)7-8-14(13)17-15(4,5)6/h7-9,11,16H,10H2,1-6H3. The first kappa shape index (κ1) is 14.6. The smallest absolute Gasteiger partial charge is 0.0219 e. The Kier molecular flexibility index (Phi) is 5.08. The van der Waals surface area contributed by atoms with Gasteiger partial charge < -0.3 is 5.32 Å². The SMILES string of the molecule is Cc1ccc(SC(C)(C)C)c(CNC(C)C)c1. The lowest BCUT2D eigenvalue weighted by molar-refractivity contribution is 0.584. The third kappa shape index (κ3) is 5.60. The van der Waals surface area contributed by atoms with Gasteiger partial charge in [0.2, 0.25) is 0 Å². The highest BCUT2D eigenvalue weighted by Crippen LogP contribution is 2.34. The van der Waals surface area contributed by atoms with E-state index < -0.39 is 0 Å². The zero-order valence-corrected chi connectivity index (χ0v) is 12.7. The molecule has 0 spiro atoms. The van der Waals surface area contributed by atoms with Crippen molar-refractivity contribution in [3.8, 4) is 0 Å². The first-order chi connectivity index (χ1) is 7.78. The third-order valence-electron chi connectivity index (χ3n) is 2.33. The van der Waals surface area contributed by atoms with Crippen LogP contribution in [0.4, 0.5) is 0 Å². The Hall–Kier alpha value is -0.470. The minimum atomic E-state index is 0.266. The average Bonchev–Trinajstić information content (AvgIpc) is 2.16. The van der Waals surface area contributed by atoms with E-state index in [1.54, 1.807) is 0 Å².